The summed E-state index contributed by atoms with van der Waals surface area (Å²) in [5.74, 6) is -0.781. The number of aryl methyl sites for hydroxylation is 1. The first-order valence-corrected chi connectivity index (χ1v) is 8.84. The van der Waals surface area contributed by atoms with Crippen molar-refractivity contribution >= 4 is 33.2 Å². The van der Waals surface area contributed by atoms with Crippen LogP contribution in [0.4, 0.5) is 0 Å². The molecule has 1 aromatic rings. The quantitative estimate of drug-likeness (QED) is 0.737. The Morgan fingerprint density at radius 1 is 0.947 bits per heavy atom. The molecule has 0 saturated heterocycles. The molecule has 0 unspecified atom stereocenters. The summed E-state index contributed by atoms with van der Waals surface area (Å²) in [5, 5.41) is 9.38. The highest BCUT2D eigenvalue weighted by Gasteiger charge is 2.21. The predicted molar refractivity (Wildman–Crippen MR) is 83.3 cm³/mol. The van der Waals surface area contributed by atoms with Crippen LogP contribution in [0.3, 0.4) is 0 Å². The summed E-state index contributed by atoms with van der Waals surface area (Å²) in [6.45, 7) is 0. The van der Waals surface area contributed by atoms with E-state index < -0.39 is 5.97 Å². The van der Waals surface area contributed by atoms with Crippen LogP contribution in [0.15, 0.2) is 3.79 Å². The van der Waals surface area contributed by atoms with Gasteiger partial charge in [-0.25, -0.2) is 4.79 Å². The van der Waals surface area contributed by atoms with Crippen molar-refractivity contribution in [2.75, 3.05) is 0 Å². The number of carbonyl (C=O) groups is 1. The zero-order chi connectivity index (χ0) is 13.7. The van der Waals surface area contributed by atoms with Crippen molar-refractivity contribution in [1.29, 1.82) is 0 Å². The van der Waals surface area contributed by atoms with E-state index in [-0.39, 0.29) is 0 Å². The second-order valence-corrected chi connectivity index (χ2v) is 7.71. The number of carboxylic acids is 1. The van der Waals surface area contributed by atoms with Gasteiger partial charge in [0.05, 0.1) is 9.35 Å². The Hall–Kier alpha value is -0.350. The van der Waals surface area contributed by atoms with Gasteiger partial charge in [0, 0.05) is 4.88 Å². The van der Waals surface area contributed by atoms with E-state index in [4.69, 9.17) is 0 Å². The molecule has 0 spiro atoms. The van der Waals surface area contributed by atoms with Gasteiger partial charge in [0.25, 0.3) is 0 Å². The third-order valence-corrected chi connectivity index (χ3v) is 5.80. The lowest BCUT2D eigenvalue weighted by Gasteiger charge is -2.08. The van der Waals surface area contributed by atoms with Crippen LogP contribution in [0.1, 0.15) is 72.2 Å². The van der Waals surface area contributed by atoms with E-state index in [0.29, 0.717) is 5.56 Å². The van der Waals surface area contributed by atoms with Crippen LogP contribution in [0.2, 0.25) is 0 Å². The van der Waals surface area contributed by atoms with Crippen molar-refractivity contribution < 1.29 is 9.90 Å². The molecule has 1 aromatic heterocycles. The van der Waals surface area contributed by atoms with Gasteiger partial charge in [-0.2, -0.15) is 0 Å². The lowest BCUT2D eigenvalue weighted by atomic mass is 9.98. The van der Waals surface area contributed by atoms with Crippen molar-refractivity contribution in [1.82, 2.24) is 0 Å². The summed E-state index contributed by atoms with van der Waals surface area (Å²) in [4.78, 5) is 12.7. The summed E-state index contributed by atoms with van der Waals surface area (Å²) >= 11 is 5.07. The van der Waals surface area contributed by atoms with Crippen LogP contribution in [-0.4, -0.2) is 11.1 Å². The summed E-state index contributed by atoms with van der Waals surface area (Å²) in [6, 6.07) is 0. The summed E-state index contributed by atoms with van der Waals surface area (Å²) in [6.07, 6.45) is 12.1. The first-order valence-electron chi connectivity index (χ1n) is 7.23. The zero-order valence-corrected chi connectivity index (χ0v) is 13.6. The number of hydrogen-bond donors (Lipinski definition) is 1. The highest BCUT2D eigenvalue weighted by Crippen LogP contribution is 2.35. The molecule has 0 atom stereocenters. The van der Waals surface area contributed by atoms with Crippen molar-refractivity contribution in [3.63, 3.8) is 0 Å². The fourth-order valence-corrected chi connectivity index (χ4v) is 4.90. The van der Waals surface area contributed by atoms with E-state index in [1.54, 1.807) is 11.3 Å². The van der Waals surface area contributed by atoms with Crippen LogP contribution in [0.25, 0.3) is 0 Å². The van der Waals surface area contributed by atoms with Crippen molar-refractivity contribution in [3.05, 3.63) is 19.8 Å². The molecule has 0 saturated carbocycles. The average molecular weight is 345 g/mol. The van der Waals surface area contributed by atoms with Crippen LogP contribution in [0.5, 0.6) is 0 Å². The molecule has 0 aromatic carbocycles. The molecule has 1 aliphatic carbocycles. The predicted octanol–water partition coefficient (Wildman–Crippen LogP) is 5.43. The van der Waals surface area contributed by atoms with Crippen LogP contribution in [0, 0.1) is 0 Å². The minimum atomic E-state index is -0.781. The summed E-state index contributed by atoms with van der Waals surface area (Å²) in [7, 11) is 0. The van der Waals surface area contributed by atoms with Gasteiger partial charge in [0.15, 0.2) is 0 Å². The largest absolute Gasteiger partial charge is 0.478 e. The smallest absolute Gasteiger partial charge is 0.338 e. The highest BCUT2D eigenvalue weighted by atomic mass is 79.9. The molecule has 2 rings (SSSR count). The molecule has 0 fully saturated rings. The van der Waals surface area contributed by atoms with Crippen molar-refractivity contribution in [3.8, 4) is 0 Å². The highest BCUT2D eigenvalue weighted by molar-refractivity contribution is 9.11. The Labute approximate surface area is 127 Å². The van der Waals surface area contributed by atoms with E-state index in [9.17, 15) is 9.90 Å². The number of carboxylic acid groups (broad SMARTS) is 1. The van der Waals surface area contributed by atoms with Gasteiger partial charge >= 0.3 is 5.97 Å². The molecule has 0 aliphatic heterocycles. The van der Waals surface area contributed by atoms with Gasteiger partial charge < -0.3 is 5.11 Å². The maximum Gasteiger partial charge on any atom is 0.338 e. The molecule has 0 bridgehead atoms. The molecule has 19 heavy (non-hydrogen) atoms. The molecule has 106 valence electrons. The van der Waals surface area contributed by atoms with Gasteiger partial charge in [-0.1, -0.05) is 38.5 Å². The first-order chi connectivity index (χ1) is 9.20. The molecule has 1 N–H and O–H groups in total. The SMILES string of the molecule is O=C(O)c1c(Br)sc2c1CCCCCCCCCC2. The van der Waals surface area contributed by atoms with E-state index in [2.05, 4.69) is 15.9 Å². The summed E-state index contributed by atoms with van der Waals surface area (Å²) < 4.78 is 0.805. The molecule has 1 heterocycles. The second kappa shape index (κ2) is 7.44. The number of hydrogen-bond acceptors (Lipinski definition) is 2. The van der Waals surface area contributed by atoms with Gasteiger partial charge in [0.1, 0.15) is 0 Å². The third-order valence-electron chi connectivity index (χ3n) is 3.84. The lowest BCUT2D eigenvalue weighted by molar-refractivity contribution is 0.0695. The Morgan fingerprint density at radius 3 is 2.05 bits per heavy atom. The van der Waals surface area contributed by atoms with Crippen molar-refractivity contribution in [2.45, 2.75) is 64.2 Å². The lowest BCUT2D eigenvalue weighted by Crippen LogP contribution is -2.02. The van der Waals surface area contributed by atoms with Gasteiger partial charge in [-0.05, 0) is 47.2 Å². The van der Waals surface area contributed by atoms with Gasteiger partial charge in [-0.15, -0.1) is 11.3 Å². The number of aromatic carboxylic acids is 1. The Balaban J connectivity index is 2.20. The Bertz CT molecular complexity index is 440. The first kappa shape index (κ1) is 15.0. The minimum absolute atomic E-state index is 0.525. The number of rotatable bonds is 1. The molecule has 4 heteroatoms. The normalized spacial score (nSPS) is 18.2. The molecule has 0 amide bonds. The summed E-state index contributed by atoms with van der Waals surface area (Å²) in [5.41, 5.74) is 1.63. The minimum Gasteiger partial charge on any atom is -0.478 e. The molecular weight excluding hydrogens is 324 g/mol. The fraction of sp³-hybridized carbons (Fsp3) is 0.667. The van der Waals surface area contributed by atoms with Crippen LogP contribution < -0.4 is 0 Å². The maximum atomic E-state index is 11.4. The molecular formula is C15H21BrO2S. The van der Waals surface area contributed by atoms with Crippen LogP contribution >= 0.6 is 27.3 Å². The van der Waals surface area contributed by atoms with E-state index in [1.807, 2.05) is 0 Å². The number of fused-ring (bicyclic) bond motifs is 1. The van der Waals surface area contributed by atoms with Gasteiger partial charge in [-0.3, -0.25) is 0 Å². The zero-order valence-electron chi connectivity index (χ0n) is 11.2. The van der Waals surface area contributed by atoms with Crippen molar-refractivity contribution in [2.24, 2.45) is 0 Å². The van der Waals surface area contributed by atoms with E-state index in [1.165, 1.54) is 49.8 Å². The Morgan fingerprint density at radius 2 is 1.47 bits per heavy atom. The monoisotopic (exact) mass is 344 g/mol. The average Bonchev–Trinajstić information content (AvgIpc) is 2.65. The maximum absolute atomic E-state index is 11.4. The standard InChI is InChI=1S/C15H21BrO2S/c16-14-13(15(17)18)11-9-7-5-3-1-2-4-6-8-10-12(11)19-14/h1-10H2,(H,17,18). The van der Waals surface area contributed by atoms with Gasteiger partial charge in [0.2, 0.25) is 0 Å². The molecule has 2 nitrogen and oxygen atoms in total. The Kier molecular flexibility index (Phi) is 5.89. The second-order valence-electron chi connectivity index (χ2n) is 5.29. The van der Waals surface area contributed by atoms with Crippen LogP contribution in [-0.2, 0) is 12.8 Å². The molecule has 0 radical (unpaired) electrons. The van der Waals surface area contributed by atoms with E-state index in [0.717, 1.165) is 28.6 Å². The number of halogens is 1. The topological polar surface area (TPSA) is 37.3 Å². The number of thiophene rings is 1. The fourth-order valence-electron chi connectivity index (χ4n) is 2.81. The van der Waals surface area contributed by atoms with E-state index >= 15 is 0 Å². The molecule has 1 aliphatic rings. The third kappa shape index (κ3) is 4.06.